The number of piperidine rings is 1. The Labute approximate surface area is 161 Å². The fourth-order valence-electron chi connectivity index (χ4n) is 4.32. The van der Waals surface area contributed by atoms with Gasteiger partial charge >= 0.3 is 0 Å². The van der Waals surface area contributed by atoms with Crippen molar-refractivity contribution >= 4 is 11.6 Å². The van der Waals surface area contributed by atoms with Crippen LogP contribution in [-0.2, 0) is 11.3 Å². The van der Waals surface area contributed by atoms with Gasteiger partial charge in [-0.1, -0.05) is 18.2 Å². The summed E-state index contributed by atoms with van der Waals surface area (Å²) in [5.74, 6) is 1.45. The summed E-state index contributed by atoms with van der Waals surface area (Å²) in [5.41, 5.74) is 1.26. The molecule has 0 saturated carbocycles. The van der Waals surface area contributed by atoms with Crippen molar-refractivity contribution in [1.29, 1.82) is 0 Å². The van der Waals surface area contributed by atoms with Gasteiger partial charge in [-0.15, -0.1) is 0 Å². The number of anilines is 1. The third kappa shape index (κ3) is 4.53. The zero-order valence-electron chi connectivity index (χ0n) is 15.9. The van der Waals surface area contributed by atoms with Gasteiger partial charge in [-0.05, 0) is 50.1 Å². The van der Waals surface area contributed by atoms with Crippen LogP contribution < -0.4 is 4.90 Å². The van der Waals surface area contributed by atoms with Crippen LogP contribution in [-0.4, -0.2) is 55.0 Å². The minimum Gasteiger partial charge on any atom is -0.468 e. The van der Waals surface area contributed by atoms with Crippen LogP contribution in [0.5, 0.6) is 0 Å². The molecule has 2 fully saturated rings. The van der Waals surface area contributed by atoms with Crippen molar-refractivity contribution in [3.8, 4) is 0 Å². The summed E-state index contributed by atoms with van der Waals surface area (Å²) >= 11 is 0. The molecule has 0 N–H and O–H groups in total. The topological polar surface area (TPSA) is 39.9 Å². The van der Waals surface area contributed by atoms with E-state index in [1.807, 2.05) is 12.1 Å². The number of rotatable bonds is 4. The van der Waals surface area contributed by atoms with Gasteiger partial charge in [0.15, 0.2) is 0 Å². The maximum Gasteiger partial charge on any atom is 0.227 e. The van der Waals surface area contributed by atoms with Crippen molar-refractivity contribution in [2.75, 3.05) is 44.2 Å². The number of likely N-dealkylation sites (tertiary alicyclic amines) is 1. The highest BCUT2D eigenvalue weighted by atomic mass is 16.3. The summed E-state index contributed by atoms with van der Waals surface area (Å²) in [6.45, 7) is 6.32. The van der Waals surface area contributed by atoms with Crippen LogP contribution in [0, 0.1) is 5.92 Å². The molecule has 0 bridgehead atoms. The average Bonchev–Trinajstić information content (AvgIpc) is 3.10. The molecule has 2 aromatic rings. The predicted molar refractivity (Wildman–Crippen MR) is 107 cm³/mol. The Hall–Kier alpha value is -2.27. The summed E-state index contributed by atoms with van der Waals surface area (Å²) in [4.78, 5) is 20.0. The molecule has 0 aliphatic carbocycles. The summed E-state index contributed by atoms with van der Waals surface area (Å²) in [7, 11) is 0. The third-order valence-electron chi connectivity index (χ3n) is 5.74. The Morgan fingerprint density at radius 2 is 1.85 bits per heavy atom. The Balaban J connectivity index is 1.33. The lowest BCUT2D eigenvalue weighted by Crippen LogP contribution is -2.45. The molecule has 2 aliphatic rings. The molecule has 0 spiro atoms. The van der Waals surface area contributed by atoms with Gasteiger partial charge in [-0.25, -0.2) is 0 Å². The van der Waals surface area contributed by atoms with Gasteiger partial charge in [0.25, 0.3) is 0 Å². The molecular formula is C22H29N3O2. The summed E-state index contributed by atoms with van der Waals surface area (Å²) in [5, 5.41) is 0. The molecule has 144 valence electrons. The zero-order chi connectivity index (χ0) is 18.5. The van der Waals surface area contributed by atoms with Crippen molar-refractivity contribution in [2.45, 2.75) is 25.8 Å². The lowest BCUT2D eigenvalue weighted by molar-refractivity contribution is -0.137. The van der Waals surface area contributed by atoms with E-state index in [1.165, 1.54) is 5.69 Å². The van der Waals surface area contributed by atoms with E-state index in [0.717, 1.165) is 70.8 Å². The first-order valence-corrected chi connectivity index (χ1v) is 10.1. The number of amides is 1. The van der Waals surface area contributed by atoms with Crippen molar-refractivity contribution in [3.63, 3.8) is 0 Å². The van der Waals surface area contributed by atoms with Gasteiger partial charge in [0, 0.05) is 38.4 Å². The average molecular weight is 367 g/mol. The molecule has 0 unspecified atom stereocenters. The number of carbonyl (C=O) groups is 1. The molecular weight excluding hydrogens is 338 g/mol. The number of para-hydroxylation sites is 1. The second-order valence-corrected chi connectivity index (χ2v) is 7.66. The third-order valence-corrected chi connectivity index (χ3v) is 5.74. The quantitative estimate of drug-likeness (QED) is 0.832. The lowest BCUT2D eigenvalue weighted by Gasteiger charge is -2.34. The number of carbonyl (C=O) groups excluding carboxylic acids is 1. The fraction of sp³-hybridized carbons (Fsp3) is 0.500. The highest BCUT2D eigenvalue weighted by Gasteiger charge is 2.30. The monoisotopic (exact) mass is 367 g/mol. The highest BCUT2D eigenvalue weighted by Crippen LogP contribution is 2.22. The molecule has 2 saturated heterocycles. The number of furan rings is 1. The van der Waals surface area contributed by atoms with Gasteiger partial charge in [-0.3, -0.25) is 9.69 Å². The summed E-state index contributed by atoms with van der Waals surface area (Å²) < 4.78 is 5.48. The van der Waals surface area contributed by atoms with E-state index in [2.05, 4.69) is 45.0 Å². The van der Waals surface area contributed by atoms with Gasteiger partial charge in [0.05, 0.1) is 18.7 Å². The van der Waals surface area contributed by atoms with E-state index in [9.17, 15) is 4.79 Å². The van der Waals surface area contributed by atoms with Crippen LogP contribution in [0.25, 0.3) is 0 Å². The van der Waals surface area contributed by atoms with Crippen LogP contribution in [0.1, 0.15) is 25.0 Å². The molecule has 1 aromatic carbocycles. The molecule has 1 aromatic heterocycles. The molecule has 2 aliphatic heterocycles. The molecule has 1 atom stereocenters. The second kappa shape index (κ2) is 8.61. The van der Waals surface area contributed by atoms with Crippen LogP contribution >= 0.6 is 0 Å². The Morgan fingerprint density at radius 3 is 2.67 bits per heavy atom. The van der Waals surface area contributed by atoms with Gasteiger partial charge in [-0.2, -0.15) is 0 Å². The molecule has 1 amide bonds. The molecule has 4 rings (SSSR count). The van der Waals surface area contributed by atoms with Crippen LogP contribution in [0.2, 0.25) is 0 Å². The normalized spacial score (nSPS) is 21.9. The van der Waals surface area contributed by atoms with Gasteiger partial charge in [0.2, 0.25) is 5.91 Å². The number of nitrogens with zero attached hydrogens (tertiary/aromatic N) is 3. The first-order valence-electron chi connectivity index (χ1n) is 10.1. The van der Waals surface area contributed by atoms with Gasteiger partial charge < -0.3 is 14.2 Å². The molecule has 27 heavy (non-hydrogen) atoms. The first kappa shape index (κ1) is 18.1. The molecule has 3 heterocycles. The van der Waals surface area contributed by atoms with E-state index in [4.69, 9.17) is 4.42 Å². The maximum absolute atomic E-state index is 13.2. The molecule has 0 radical (unpaired) electrons. The van der Waals surface area contributed by atoms with Crippen molar-refractivity contribution < 1.29 is 9.21 Å². The van der Waals surface area contributed by atoms with Crippen molar-refractivity contribution in [3.05, 3.63) is 54.5 Å². The Kier molecular flexibility index (Phi) is 5.78. The fourth-order valence-corrected chi connectivity index (χ4v) is 4.32. The Morgan fingerprint density at radius 1 is 0.963 bits per heavy atom. The van der Waals surface area contributed by atoms with Crippen LogP contribution in [0.15, 0.2) is 53.1 Å². The maximum atomic E-state index is 13.2. The second-order valence-electron chi connectivity index (χ2n) is 7.66. The number of benzene rings is 1. The van der Waals surface area contributed by atoms with Crippen LogP contribution in [0.4, 0.5) is 5.69 Å². The summed E-state index contributed by atoms with van der Waals surface area (Å²) in [6.07, 6.45) is 4.84. The van der Waals surface area contributed by atoms with Crippen molar-refractivity contribution in [2.24, 2.45) is 5.92 Å². The SMILES string of the molecule is O=C([C@H]1CCCN(Cc2ccco2)C1)N1CCCN(c2ccccc2)CC1. The Bertz CT molecular complexity index is 716. The van der Waals surface area contributed by atoms with Gasteiger partial charge in [0.1, 0.15) is 5.76 Å². The predicted octanol–water partition coefficient (Wildman–Crippen LogP) is 3.23. The lowest BCUT2D eigenvalue weighted by atomic mass is 9.96. The molecule has 5 nitrogen and oxygen atoms in total. The van der Waals surface area contributed by atoms with E-state index in [-0.39, 0.29) is 5.92 Å². The summed E-state index contributed by atoms with van der Waals surface area (Å²) in [6, 6.07) is 14.5. The number of hydrogen-bond acceptors (Lipinski definition) is 4. The number of hydrogen-bond donors (Lipinski definition) is 0. The highest BCUT2D eigenvalue weighted by molar-refractivity contribution is 5.79. The van der Waals surface area contributed by atoms with E-state index in [1.54, 1.807) is 6.26 Å². The smallest absolute Gasteiger partial charge is 0.227 e. The van der Waals surface area contributed by atoms with E-state index in [0.29, 0.717) is 5.91 Å². The first-order chi connectivity index (χ1) is 13.3. The molecule has 5 heteroatoms. The van der Waals surface area contributed by atoms with E-state index >= 15 is 0 Å². The van der Waals surface area contributed by atoms with Crippen molar-refractivity contribution in [1.82, 2.24) is 9.80 Å². The van der Waals surface area contributed by atoms with Crippen LogP contribution in [0.3, 0.4) is 0 Å². The largest absolute Gasteiger partial charge is 0.468 e. The zero-order valence-corrected chi connectivity index (χ0v) is 15.9. The minimum atomic E-state index is 0.122. The standard InChI is InChI=1S/C22H29N3O2/c26-22(19-7-4-11-23(17-19)18-21-10-5-16-27-21)25-13-6-12-24(14-15-25)20-8-2-1-3-9-20/h1-3,5,8-10,16,19H,4,6-7,11-15,17-18H2/t19-/m0/s1. The van der Waals surface area contributed by atoms with E-state index < -0.39 is 0 Å². The minimum absolute atomic E-state index is 0.122.